The highest BCUT2D eigenvalue weighted by molar-refractivity contribution is 5.55. The summed E-state index contributed by atoms with van der Waals surface area (Å²) in [6.45, 7) is 3.61. The quantitative estimate of drug-likeness (QED) is 0.922. The van der Waals surface area contributed by atoms with Crippen molar-refractivity contribution < 1.29 is 8.91 Å². The van der Waals surface area contributed by atoms with E-state index in [0.717, 1.165) is 12.8 Å². The first-order chi connectivity index (χ1) is 8.98. The molecule has 100 valence electrons. The molecule has 1 aliphatic rings. The van der Waals surface area contributed by atoms with Crippen LogP contribution >= 0.6 is 0 Å². The van der Waals surface area contributed by atoms with Crippen LogP contribution in [0.3, 0.4) is 0 Å². The summed E-state index contributed by atoms with van der Waals surface area (Å²) in [7, 11) is 0. The third-order valence-electron chi connectivity index (χ3n) is 3.74. The molecule has 0 radical (unpaired) electrons. The van der Waals surface area contributed by atoms with E-state index in [9.17, 15) is 4.39 Å². The van der Waals surface area contributed by atoms with E-state index in [1.165, 1.54) is 6.07 Å². The van der Waals surface area contributed by atoms with Gasteiger partial charge < -0.3 is 10.3 Å². The molecule has 0 saturated heterocycles. The number of benzene rings is 1. The summed E-state index contributed by atoms with van der Waals surface area (Å²) >= 11 is 0. The van der Waals surface area contributed by atoms with Gasteiger partial charge in [-0.05, 0) is 44.2 Å². The van der Waals surface area contributed by atoms with Gasteiger partial charge in [-0.2, -0.15) is 4.98 Å². The Kier molecular flexibility index (Phi) is 2.67. The van der Waals surface area contributed by atoms with Gasteiger partial charge in [-0.25, -0.2) is 4.39 Å². The Bertz CT molecular complexity index is 617. The molecule has 1 aromatic carbocycles. The van der Waals surface area contributed by atoms with Crippen molar-refractivity contribution in [3.05, 3.63) is 35.5 Å². The lowest BCUT2D eigenvalue weighted by Crippen LogP contribution is -2.35. The van der Waals surface area contributed by atoms with E-state index in [4.69, 9.17) is 10.3 Å². The number of halogens is 1. The molecular weight excluding hydrogens is 245 g/mol. The Hall–Kier alpha value is -1.75. The fourth-order valence-corrected chi connectivity index (χ4v) is 2.15. The van der Waals surface area contributed by atoms with Crippen molar-refractivity contribution >= 4 is 0 Å². The zero-order valence-electron chi connectivity index (χ0n) is 11.0. The number of aromatic nitrogens is 2. The lowest BCUT2D eigenvalue weighted by molar-refractivity contribution is 0.273. The fraction of sp³-hybridized carbons (Fsp3) is 0.429. The molecule has 1 unspecified atom stereocenters. The summed E-state index contributed by atoms with van der Waals surface area (Å²) in [5.74, 6) is 0.925. The van der Waals surface area contributed by atoms with Gasteiger partial charge in [0.05, 0.1) is 5.54 Å². The van der Waals surface area contributed by atoms with E-state index in [1.807, 2.05) is 6.92 Å². The minimum Gasteiger partial charge on any atom is -0.337 e. The summed E-state index contributed by atoms with van der Waals surface area (Å²) < 4.78 is 18.8. The molecule has 0 amide bonds. The molecule has 0 aliphatic heterocycles. The maximum atomic E-state index is 13.5. The summed E-state index contributed by atoms with van der Waals surface area (Å²) in [6.07, 6.45) is 2.17. The first kappa shape index (κ1) is 12.3. The highest BCUT2D eigenvalue weighted by Gasteiger charge is 2.43. The second kappa shape index (κ2) is 4.13. The number of hydrogen-bond donors (Lipinski definition) is 1. The molecule has 19 heavy (non-hydrogen) atoms. The summed E-state index contributed by atoms with van der Waals surface area (Å²) in [5.41, 5.74) is 6.82. The average molecular weight is 261 g/mol. The molecule has 1 heterocycles. The predicted octanol–water partition coefficient (Wildman–Crippen LogP) is 2.77. The molecule has 1 fully saturated rings. The molecular formula is C14H16FN3O. The van der Waals surface area contributed by atoms with Gasteiger partial charge in [-0.3, -0.25) is 0 Å². The zero-order chi connectivity index (χ0) is 13.6. The molecule has 5 heteroatoms. The molecule has 0 spiro atoms. The van der Waals surface area contributed by atoms with Gasteiger partial charge in [0, 0.05) is 5.56 Å². The van der Waals surface area contributed by atoms with E-state index in [2.05, 4.69) is 10.1 Å². The minimum atomic E-state index is -0.589. The Labute approximate surface area is 110 Å². The molecule has 0 bridgehead atoms. The van der Waals surface area contributed by atoms with Crippen LogP contribution in [-0.4, -0.2) is 10.1 Å². The van der Waals surface area contributed by atoms with E-state index in [0.29, 0.717) is 28.8 Å². The predicted molar refractivity (Wildman–Crippen MR) is 68.7 cm³/mol. The minimum absolute atomic E-state index is 0.276. The van der Waals surface area contributed by atoms with Crippen molar-refractivity contribution in [2.45, 2.75) is 32.2 Å². The van der Waals surface area contributed by atoms with Gasteiger partial charge in [0.2, 0.25) is 11.7 Å². The van der Waals surface area contributed by atoms with Crippen molar-refractivity contribution in [3.63, 3.8) is 0 Å². The first-order valence-corrected chi connectivity index (χ1v) is 6.38. The van der Waals surface area contributed by atoms with E-state index in [1.54, 1.807) is 19.1 Å². The third kappa shape index (κ3) is 2.14. The normalized spacial score (nSPS) is 18.3. The fourth-order valence-electron chi connectivity index (χ4n) is 2.15. The number of rotatable bonds is 3. The number of aryl methyl sites for hydroxylation is 1. The van der Waals surface area contributed by atoms with Gasteiger partial charge >= 0.3 is 0 Å². The van der Waals surface area contributed by atoms with Crippen LogP contribution in [0.4, 0.5) is 4.39 Å². The van der Waals surface area contributed by atoms with Crippen molar-refractivity contribution in [1.82, 2.24) is 10.1 Å². The molecule has 4 nitrogen and oxygen atoms in total. The van der Waals surface area contributed by atoms with E-state index < -0.39 is 5.54 Å². The monoisotopic (exact) mass is 261 g/mol. The number of nitrogens with zero attached hydrogens (tertiary/aromatic N) is 2. The second-order valence-corrected chi connectivity index (χ2v) is 5.44. The SMILES string of the molecule is Cc1ccc(-c2noc(C(C)(N)C3CC3)n2)cc1F. The van der Waals surface area contributed by atoms with E-state index >= 15 is 0 Å². The van der Waals surface area contributed by atoms with Crippen LogP contribution in [0.25, 0.3) is 11.4 Å². The first-order valence-electron chi connectivity index (χ1n) is 6.38. The Morgan fingerprint density at radius 1 is 1.42 bits per heavy atom. The maximum absolute atomic E-state index is 13.5. The van der Waals surface area contributed by atoms with Crippen LogP contribution in [-0.2, 0) is 5.54 Å². The standard InChI is InChI=1S/C14H16FN3O/c1-8-3-4-9(7-11(8)15)12-17-13(19-18-12)14(2,16)10-5-6-10/h3-4,7,10H,5-6,16H2,1-2H3. The highest BCUT2D eigenvalue weighted by Crippen LogP contribution is 2.43. The second-order valence-electron chi connectivity index (χ2n) is 5.44. The van der Waals surface area contributed by atoms with Gasteiger partial charge in [0.25, 0.3) is 0 Å². The van der Waals surface area contributed by atoms with Crippen LogP contribution in [0.15, 0.2) is 22.7 Å². The van der Waals surface area contributed by atoms with Crippen molar-refractivity contribution in [1.29, 1.82) is 0 Å². The molecule has 2 aromatic rings. The van der Waals surface area contributed by atoms with Crippen molar-refractivity contribution in [2.24, 2.45) is 11.7 Å². The van der Waals surface area contributed by atoms with Crippen LogP contribution in [0.2, 0.25) is 0 Å². The van der Waals surface area contributed by atoms with E-state index in [-0.39, 0.29) is 5.82 Å². The summed E-state index contributed by atoms with van der Waals surface area (Å²) in [5, 5.41) is 3.90. The molecule has 1 aliphatic carbocycles. The molecule has 1 saturated carbocycles. The Morgan fingerprint density at radius 3 is 2.79 bits per heavy atom. The van der Waals surface area contributed by atoms with Crippen LogP contribution in [0.5, 0.6) is 0 Å². The molecule has 2 N–H and O–H groups in total. The maximum Gasteiger partial charge on any atom is 0.247 e. The lowest BCUT2D eigenvalue weighted by atomic mass is 9.97. The van der Waals surface area contributed by atoms with Gasteiger partial charge in [-0.1, -0.05) is 17.3 Å². The zero-order valence-corrected chi connectivity index (χ0v) is 11.0. The Morgan fingerprint density at radius 2 is 2.16 bits per heavy atom. The number of hydrogen-bond acceptors (Lipinski definition) is 4. The largest absolute Gasteiger partial charge is 0.337 e. The molecule has 3 rings (SSSR count). The Balaban J connectivity index is 1.94. The average Bonchev–Trinajstić information content (AvgIpc) is 3.11. The van der Waals surface area contributed by atoms with Crippen LogP contribution < -0.4 is 5.73 Å². The number of nitrogens with two attached hydrogens (primary N) is 1. The van der Waals surface area contributed by atoms with Crippen molar-refractivity contribution in [2.75, 3.05) is 0 Å². The molecule has 1 aromatic heterocycles. The van der Waals surface area contributed by atoms with Gasteiger partial charge in [0.15, 0.2) is 0 Å². The smallest absolute Gasteiger partial charge is 0.247 e. The van der Waals surface area contributed by atoms with Crippen molar-refractivity contribution in [3.8, 4) is 11.4 Å². The third-order valence-corrected chi connectivity index (χ3v) is 3.74. The van der Waals surface area contributed by atoms with Gasteiger partial charge in [-0.15, -0.1) is 0 Å². The lowest BCUT2D eigenvalue weighted by Gasteiger charge is -2.18. The van der Waals surface area contributed by atoms with Gasteiger partial charge in [0.1, 0.15) is 5.82 Å². The van der Waals surface area contributed by atoms with Crippen LogP contribution in [0, 0.1) is 18.7 Å². The highest BCUT2D eigenvalue weighted by atomic mass is 19.1. The summed E-state index contributed by atoms with van der Waals surface area (Å²) in [4.78, 5) is 4.31. The van der Waals surface area contributed by atoms with Crippen LogP contribution in [0.1, 0.15) is 31.2 Å². The topological polar surface area (TPSA) is 64.9 Å². The summed E-state index contributed by atoms with van der Waals surface area (Å²) in [6, 6.07) is 4.89. The molecule has 1 atom stereocenters.